The van der Waals surface area contributed by atoms with Crippen molar-refractivity contribution in [2.75, 3.05) is 24.6 Å². The summed E-state index contributed by atoms with van der Waals surface area (Å²) in [6, 6.07) is 16.6. The first-order chi connectivity index (χ1) is 17.9. The number of pyridine rings is 1. The topological polar surface area (TPSA) is 72.0 Å². The van der Waals surface area contributed by atoms with Crippen LogP contribution in [0.25, 0.3) is 0 Å². The molecule has 0 unspecified atom stereocenters. The van der Waals surface area contributed by atoms with Crippen molar-refractivity contribution in [3.63, 3.8) is 0 Å². The van der Waals surface area contributed by atoms with Crippen LogP contribution in [-0.4, -0.2) is 53.8 Å². The minimum Gasteiger partial charge on any atom is -0.474 e. The SMILES string of the molecule is C[C@H]1COc2nc(C(=O)N3CC[C@H](F)C3)c(Cc3ccc(F)cc3)cc2N1C(=O)OCc1ccccc1. The van der Waals surface area contributed by atoms with Crippen LogP contribution in [0.5, 0.6) is 5.88 Å². The lowest BCUT2D eigenvalue weighted by atomic mass is 10.0. The van der Waals surface area contributed by atoms with Crippen molar-refractivity contribution in [1.82, 2.24) is 9.88 Å². The number of likely N-dealkylation sites (tertiary alicyclic amines) is 1. The number of hydrogen-bond acceptors (Lipinski definition) is 5. The van der Waals surface area contributed by atoms with Gasteiger partial charge in [0, 0.05) is 6.54 Å². The summed E-state index contributed by atoms with van der Waals surface area (Å²) in [5, 5.41) is 0. The van der Waals surface area contributed by atoms with Crippen LogP contribution in [0.3, 0.4) is 0 Å². The Balaban J connectivity index is 1.49. The quantitative estimate of drug-likeness (QED) is 0.490. The average molecular weight is 508 g/mol. The summed E-state index contributed by atoms with van der Waals surface area (Å²) < 4.78 is 38.7. The van der Waals surface area contributed by atoms with Crippen molar-refractivity contribution in [3.8, 4) is 5.88 Å². The number of carbonyl (C=O) groups excluding carboxylic acids is 2. The molecule has 2 aliphatic heterocycles. The summed E-state index contributed by atoms with van der Waals surface area (Å²) in [5.74, 6) is -0.637. The van der Waals surface area contributed by atoms with E-state index < -0.39 is 18.2 Å². The first kappa shape index (κ1) is 24.7. The molecule has 7 nitrogen and oxygen atoms in total. The number of anilines is 1. The molecule has 0 radical (unpaired) electrons. The van der Waals surface area contributed by atoms with Crippen molar-refractivity contribution in [1.29, 1.82) is 0 Å². The smallest absolute Gasteiger partial charge is 0.415 e. The standard InChI is InChI=1S/C28H27F2N3O4/c1-18-16-36-26-24(33(18)28(35)37-17-20-5-3-2-4-6-20)14-21(13-19-7-9-22(29)10-8-19)25(31-26)27(34)32-12-11-23(30)15-32/h2-10,14,18,23H,11-13,15-17H2,1H3/t18-,23-/m0/s1. The zero-order valence-corrected chi connectivity index (χ0v) is 20.4. The molecule has 0 spiro atoms. The molecule has 2 amide bonds. The van der Waals surface area contributed by atoms with Gasteiger partial charge in [-0.25, -0.2) is 18.6 Å². The van der Waals surface area contributed by atoms with Gasteiger partial charge < -0.3 is 14.4 Å². The molecule has 9 heteroatoms. The second-order valence-corrected chi connectivity index (χ2v) is 9.33. The van der Waals surface area contributed by atoms with Gasteiger partial charge in [0.25, 0.3) is 5.91 Å². The highest BCUT2D eigenvalue weighted by Gasteiger charge is 2.35. The fraction of sp³-hybridized carbons (Fsp3) is 0.321. The number of alkyl halides is 1. The number of nitrogens with zero attached hydrogens (tertiary/aromatic N) is 3. The summed E-state index contributed by atoms with van der Waals surface area (Å²) in [6.07, 6.45) is -1.10. The van der Waals surface area contributed by atoms with Gasteiger partial charge >= 0.3 is 6.09 Å². The van der Waals surface area contributed by atoms with E-state index in [1.54, 1.807) is 18.2 Å². The van der Waals surface area contributed by atoms with Crippen LogP contribution in [0.15, 0.2) is 60.7 Å². The lowest BCUT2D eigenvalue weighted by Gasteiger charge is -2.34. The summed E-state index contributed by atoms with van der Waals surface area (Å²) in [7, 11) is 0. The number of fused-ring (bicyclic) bond motifs is 1. The molecular formula is C28H27F2N3O4. The summed E-state index contributed by atoms with van der Waals surface area (Å²) >= 11 is 0. The second kappa shape index (κ2) is 10.5. The fourth-order valence-corrected chi connectivity index (χ4v) is 4.58. The molecule has 3 heterocycles. The predicted molar refractivity (Wildman–Crippen MR) is 133 cm³/mol. The number of aromatic nitrogens is 1. The third-order valence-electron chi connectivity index (χ3n) is 6.54. The van der Waals surface area contributed by atoms with Gasteiger partial charge in [-0.2, -0.15) is 0 Å². The molecule has 2 atom stereocenters. The Morgan fingerprint density at radius 3 is 2.57 bits per heavy atom. The molecule has 0 aliphatic carbocycles. The maximum atomic E-state index is 13.9. The van der Waals surface area contributed by atoms with E-state index in [-0.39, 0.29) is 56.0 Å². The van der Waals surface area contributed by atoms with E-state index in [1.807, 2.05) is 37.3 Å². The Morgan fingerprint density at radius 2 is 1.86 bits per heavy atom. The Hall–Kier alpha value is -4.01. The van der Waals surface area contributed by atoms with E-state index in [4.69, 9.17) is 9.47 Å². The van der Waals surface area contributed by atoms with E-state index in [0.717, 1.165) is 11.1 Å². The molecule has 1 fully saturated rings. The van der Waals surface area contributed by atoms with E-state index in [2.05, 4.69) is 4.98 Å². The minimum atomic E-state index is -1.07. The molecule has 192 valence electrons. The monoisotopic (exact) mass is 507 g/mol. The molecule has 2 aliphatic rings. The summed E-state index contributed by atoms with van der Waals surface area (Å²) in [5.41, 5.74) is 2.64. The predicted octanol–water partition coefficient (Wildman–Crippen LogP) is 4.92. The van der Waals surface area contributed by atoms with Gasteiger partial charge in [-0.1, -0.05) is 42.5 Å². The van der Waals surface area contributed by atoms with E-state index in [0.29, 0.717) is 17.8 Å². The van der Waals surface area contributed by atoms with E-state index in [1.165, 1.54) is 21.9 Å². The number of rotatable bonds is 5. The summed E-state index contributed by atoms with van der Waals surface area (Å²) in [4.78, 5) is 34.0. The molecule has 1 aromatic heterocycles. The minimum absolute atomic E-state index is 0.00339. The fourth-order valence-electron chi connectivity index (χ4n) is 4.58. The molecule has 3 aromatic rings. The van der Waals surface area contributed by atoms with Crippen molar-refractivity contribution < 1.29 is 27.8 Å². The molecule has 5 rings (SSSR count). The van der Waals surface area contributed by atoms with Gasteiger partial charge in [0.15, 0.2) is 0 Å². The number of benzene rings is 2. The highest BCUT2D eigenvalue weighted by Crippen LogP contribution is 2.36. The average Bonchev–Trinajstić information content (AvgIpc) is 3.34. The Morgan fingerprint density at radius 1 is 1.11 bits per heavy atom. The van der Waals surface area contributed by atoms with Crippen LogP contribution < -0.4 is 9.64 Å². The van der Waals surface area contributed by atoms with Crippen LogP contribution in [0, 0.1) is 5.82 Å². The van der Waals surface area contributed by atoms with Crippen LogP contribution in [0.1, 0.15) is 40.5 Å². The van der Waals surface area contributed by atoms with Crippen molar-refractivity contribution >= 4 is 17.7 Å². The zero-order valence-electron chi connectivity index (χ0n) is 20.4. The third kappa shape index (κ3) is 5.40. The lowest BCUT2D eigenvalue weighted by Crippen LogP contribution is -2.46. The third-order valence-corrected chi connectivity index (χ3v) is 6.54. The van der Waals surface area contributed by atoms with Crippen LogP contribution in [-0.2, 0) is 17.8 Å². The van der Waals surface area contributed by atoms with Gasteiger partial charge in [-0.05, 0) is 54.7 Å². The maximum Gasteiger partial charge on any atom is 0.415 e. The van der Waals surface area contributed by atoms with Crippen LogP contribution >= 0.6 is 0 Å². The molecule has 37 heavy (non-hydrogen) atoms. The largest absolute Gasteiger partial charge is 0.474 e. The molecule has 2 aromatic carbocycles. The number of ether oxygens (including phenoxy) is 2. The Labute approximate surface area is 213 Å². The molecular weight excluding hydrogens is 480 g/mol. The zero-order chi connectivity index (χ0) is 25.9. The summed E-state index contributed by atoms with van der Waals surface area (Å²) in [6.45, 7) is 2.40. The van der Waals surface area contributed by atoms with Crippen molar-refractivity contribution in [2.24, 2.45) is 0 Å². The van der Waals surface area contributed by atoms with Crippen molar-refractivity contribution in [2.45, 2.75) is 38.6 Å². The van der Waals surface area contributed by atoms with Gasteiger partial charge in [0.2, 0.25) is 5.88 Å². The van der Waals surface area contributed by atoms with Gasteiger partial charge in [0.05, 0.1) is 12.6 Å². The number of amides is 2. The second-order valence-electron chi connectivity index (χ2n) is 9.33. The number of carbonyl (C=O) groups is 2. The maximum absolute atomic E-state index is 13.9. The molecule has 0 saturated carbocycles. The number of halogens is 2. The Bertz CT molecular complexity index is 1290. The first-order valence-electron chi connectivity index (χ1n) is 12.2. The highest BCUT2D eigenvalue weighted by molar-refractivity contribution is 5.96. The number of hydrogen-bond donors (Lipinski definition) is 0. The van der Waals surface area contributed by atoms with Gasteiger partial charge in [-0.15, -0.1) is 0 Å². The normalized spacial score (nSPS) is 18.8. The van der Waals surface area contributed by atoms with Crippen molar-refractivity contribution in [3.05, 3.63) is 88.9 Å². The van der Waals surface area contributed by atoms with E-state index >= 15 is 0 Å². The highest BCUT2D eigenvalue weighted by atomic mass is 19.1. The van der Waals surface area contributed by atoms with Gasteiger partial charge in [0.1, 0.15) is 36.6 Å². The van der Waals surface area contributed by atoms with Crippen LogP contribution in [0.4, 0.5) is 19.3 Å². The van der Waals surface area contributed by atoms with Crippen LogP contribution in [0.2, 0.25) is 0 Å². The van der Waals surface area contributed by atoms with E-state index in [9.17, 15) is 18.4 Å². The molecule has 1 saturated heterocycles. The van der Waals surface area contributed by atoms with Gasteiger partial charge in [-0.3, -0.25) is 9.69 Å². The first-order valence-corrected chi connectivity index (χ1v) is 12.2. The molecule has 0 bridgehead atoms. The molecule has 0 N–H and O–H groups in total. The lowest BCUT2D eigenvalue weighted by molar-refractivity contribution is 0.0774. The Kier molecular flexibility index (Phi) is 7.03.